The molecule has 0 radical (unpaired) electrons. The van der Waals surface area contributed by atoms with Crippen LogP contribution in [0.3, 0.4) is 0 Å². The lowest BCUT2D eigenvalue weighted by Crippen LogP contribution is -2.34. The van der Waals surface area contributed by atoms with Gasteiger partial charge < -0.3 is 0 Å². The fraction of sp³-hybridized carbons (Fsp3) is 0.286. The standard InChI is InChI=1S/C21H21ClN4/c22-19-7-1-5-17(12-19)20-21(25-10-9-24-20)18-6-3-11-26(15-18)14-16-4-2-8-23-13-16/h1-2,4-5,7-10,12-13,18H,3,6,11,14-15H2. The van der Waals surface area contributed by atoms with Crippen LogP contribution in [-0.2, 0) is 6.54 Å². The van der Waals surface area contributed by atoms with E-state index in [2.05, 4.69) is 27.0 Å². The summed E-state index contributed by atoms with van der Waals surface area (Å²) in [6.45, 7) is 3.02. The monoisotopic (exact) mass is 364 g/mol. The summed E-state index contributed by atoms with van der Waals surface area (Å²) in [5.41, 5.74) is 4.31. The number of piperidine rings is 1. The van der Waals surface area contributed by atoms with Gasteiger partial charge in [0.2, 0.25) is 0 Å². The molecule has 0 N–H and O–H groups in total. The summed E-state index contributed by atoms with van der Waals surface area (Å²) in [5, 5.41) is 0.723. The zero-order valence-corrected chi connectivity index (χ0v) is 15.3. The molecule has 2 aromatic heterocycles. The average molecular weight is 365 g/mol. The second-order valence-electron chi connectivity index (χ2n) is 6.74. The van der Waals surface area contributed by atoms with E-state index in [-0.39, 0.29) is 0 Å². The van der Waals surface area contributed by atoms with Crippen molar-refractivity contribution >= 4 is 11.6 Å². The molecule has 0 bridgehead atoms. The molecule has 0 amide bonds. The molecule has 1 aromatic carbocycles. The van der Waals surface area contributed by atoms with Gasteiger partial charge in [-0.25, -0.2) is 0 Å². The van der Waals surface area contributed by atoms with Crippen molar-refractivity contribution in [2.45, 2.75) is 25.3 Å². The Kier molecular flexibility index (Phi) is 5.23. The number of pyridine rings is 1. The van der Waals surface area contributed by atoms with E-state index in [9.17, 15) is 0 Å². The van der Waals surface area contributed by atoms with E-state index in [0.29, 0.717) is 5.92 Å². The molecule has 4 rings (SSSR count). The smallest absolute Gasteiger partial charge is 0.0921 e. The lowest BCUT2D eigenvalue weighted by atomic mass is 9.91. The Bertz CT molecular complexity index is 869. The average Bonchev–Trinajstić information content (AvgIpc) is 2.69. The van der Waals surface area contributed by atoms with E-state index >= 15 is 0 Å². The van der Waals surface area contributed by atoms with Crippen molar-refractivity contribution in [3.8, 4) is 11.3 Å². The van der Waals surface area contributed by atoms with Gasteiger partial charge in [-0.05, 0) is 43.1 Å². The van der Waals surface area contributed by atoms with Crippen LogP contribution in [0.4, 0.5) is 0 Å². The summed E-state index contributed by atoms with van der Waals surface area (Å²) >= 11 is 6.18. The molecule has 1 fully saturated rings. The Morgan fingerprint density at radius 2 is 2.00 bits per heavy atom. The second kappa shape index (κ2) is 7.94. The van der Waals surface area contributed by atoms with Gasteiger partial charge in [-0.15, -0.1) is 0 Å². The van der Waals surface area contributed by atoms with E-state index in [1.54, 1.807) is 12.4 Å². The van der Waals surface area contributed by atoms with Gasteiger partial charge in [0.25, 0.3) is 0 Å². The number of likely N-dealkylation sites (tertiary alicyclic amines) is 1. The number of aromatic nitrogens is 3. The Labute approximate surface area is 158 Å². The molecular formula is C21H21ClN4. The molecule has 0 aliphatic carbocycles. The van der Waals surface area contributed by atoms with Gasteiger partial charge in [-0.3, -0.25) is 19.9 Å². The molecular weight excluding hydrogens is 344 g/mol. The van der Waals surface area contributed by atoms with Gasteiger partial charge in [-0.1, -0.05) is 29.8 Å². The number of benzene rings is 1. The molecule has 1 aliphatic heterocycles. The normalized spacial score (nSPS) is 18.0. The van der Waals surface area contributed by atoms with Crippen LogP contribution in [0.1, 0.15) is 30.0 Å². The van der Waals surface area contributed by atoms with Gasteiger partial charge in [0.05, 0.1) is 11.4 Å². The number of nitrogens with zero attached hydrogens (tertiary/aromatic N) is 4. The zero-order chi connectivity index (χ0) is 17.8. The first-order valence-electron chi connectivity index (χ1n) is 8.98. The fourth-order valence-electron chi connectivity index (χ4n) is 3.68. The van der Waals surface area contributed by atoms with E-state index in [4.69, 9.17) is 16.6 Å². The van der Waals surface area contributed by atoms with Gasteiger partial charge in [-0.2, -0.15) is 0 Å². The highest BCUT2D eigenvalue weighted by molar-refractivity contribution is 6.30. The SMILES string of the molecule is Clc1cccc(-c2nccnc2C2CCCN(Cc3cccnc3)C2)c1. The molecule has 3 heterocycles. The lowest BCUT2D eigenvalue weighted by molar-refractivity contribution is 0.198. The minimum Gasteiger partial charge on any atom is -0.298 e. The minimum atomic E-state index is 0.378. The van der Waals surface area contributed by atoms with Crippen molar-refractivity contribution in [3.63, 3.8) is 0 Å². The summed E-state index contributed by atoms with van der Waals surface area (Å²) < 4.78 is 0. The predicted molar refractivity (Wildman–Crippen MR) is 104 cm³/mol. The van der Waals surface area contributed by atoms with Crippen LogP contribution in [-0.4, -0.2) is 32.9 Å². The van der Waals surface area contributed by atoms with Crippen molar-refractivity contribution in [2.24, 2.45) is 0 Å². The van der Waals surface area contributed by atoms with Crippen molar-refractivity contribution in [1.29, 1.82) is 0 Å². The number of hydrogen-bond acceptors (Lipinski definition) is 4. The van der Waals surface area contributed by atoms with Crippen LogP contribution in [0.15, 0.2) is 61.2 Å². The molecule has 5 heteroatoms. The Hall–Kier alpha value is -2.30. The van der Waals surface area contributed by atoms with Crippen molar-refractivity contribution < 1.29 is 0 Å². The molecule has 1 atom stereocenters. The highest BCUT2D eigenvalue weighted by atomic mass is 35.5. The van der Waals surface area contributed by atoms with Crippen molar-refractivity contribution in [1.82, 2.24) is 19.9 Å². The molecule has 1 aliphatic rings. The summed E-state index contributed by atoms with van der Waals surface area (Å²) in [5.74, 6) is 0.378. The van der Waals surface area contributed by atoms with Crippen molar-refractivity contribution in [2.75, 3.05) is 13.1 Å². The van der Waals surface area contributed by atoms with Crippen molar-refractivity contribution in [3.05, 3.63) is 77.5 Å². The molecule has 26 heavy (non-hydrogen) atoms. The largest absolute Gasteiger partial charge is 0.298 e. The number of hydrogen-bond donors (Lipinski definition) is 0. The van der Waals surface area contributed by atoms with Crippen LogP contribution in [0.25, 0.3) is 11.3 Å². The third-order valence-electron chi connectivity index (χ3n) is 4.85. The third kappa shape index (κ3) is 3.92. The number of rotatable bonds is 4. The van der Waals surface area contributed by atoms with Crippen LogP contribution in [0, 0.1) is 0 Å². The summed E-state index contributed by atoms with van der Waals surface area (Å²) in [6.07, 6.45) is 9.62. The Morgan fingerprint density at radius 3 is 2.85 bits per heavy atom. The van der Waals surface area contributed by atoms with Gasteiger partial charge in [0.15, 0.2) is 0 Å². The van der Waals surface area contributed by atoms with Crippen LogP contribution < -0.4 is 0 Å². The van der Waals surface area contributed by atoms with E-state index in [1.807, 2.05) is 36.7 Å². The Balaban J connectivity index is 1.57. The van der Waals surface area contributed by atoms with E-state index in [0.717, 1.165) is 54.4 Å². The molecule has 0 spiro atoms. The zero-order valence-electron chi connectivity index (χ0n) is 14.6. The van der Waals surface area contributed by atoms with E-state index in [1.165, 1.54) is 5.56 Å². The third-order valence-corrected chi connectivity index (χ3v) is 5.08. The van der Waals surface area contributed by atoms with Crippen LogP contribution in [0.5, 0.6) is 0 Å². The first-order valence-corrected chi connectivity index (χ1v) is 9.35. The topological polar surface area (TPSA) is 41.9 Å². The summed E-state index contributed by atoms with van der Waals surface area (Å²) in [6, 6.07) is 12.0. The lowest BCUT2D eigenvalue weighted by Gasteiger charge is -2.33. The van der Waals surface area contributed by atoms with Crippen LogP contribution >= 0.6 is 11.6 Å². The first-order chi connectivity index (χ1) is 12.8. The summed E-state index contributed by atoms with van der Waals surface area (Å²) in [4.78, 5) is 16.0. The van der Waals surface area contributed by atoms with Gasteiger partial charge in [0, 0.05) is 54.4 Å². The molecule has 1 unspecified atom stereocenters. The van der Waals surface area contributed by atoms with Gasteiger partial charge >= 0.3 is 0 Å². The highest BCUT2D eigenvalue weighted by Gasteiger charge is 2.25. The maximum Gasteiger partial charge on any atom is 0.0921 e. The fourth-order valence-corrected chi connectivity index (χ4v) is 3.87. The molecule has 3 aromatic rings. The molecule has 132 valence electrons. The quantitative estimate of drug-likeness (QED) is 0.680. The maximum absolute atomic E-state index is 6.18. The minimum absolute atomic E-state index is 0.378. The van der Waals surface area contributed by atoms with Gasteiger partial charge in [0.1, 0.15) is 0 Å². The Morgan fingerprint density at radius 1 is 1.08 bits per heavy atom. The first kappa shape index (κ1) is 17.1. The second-order valence-corrected chi connectivity index (χ2v) is 7.17. The molecule has 0 saturated carbocycles. The molecule has 4 nitrogen and oxygen atoms in total. The maximum atomic E-state index is 6.18. The summed E-state index contributed by atoms with van der Waals surface area (Å²) in [7, 11) is 0. The van der Waals surface area contributed by atoms with E-state index < -0.39 is 0 Å². The predicted octanol–water partition coefficient (Wildman–Crippen LogP) is 4.57. The van der Waals surface area contributed by atoms with Crippen LogP contribution in [0.2, 0.25) is 5.02 Å². The number of halogens is 1. The molecule has 1 saturated heterocycles. The highest BCUT2D eigenvalue weighted by Crippen LogP contribution is 2.32.